The number of thiazole rings is 1. The number of ether oxygens (including phenoxy) is 4. The summed E-state index contributed by atoms with van der Waals surface area (Å²) in [6, 6.07) is 4.68. The number of nitrogens with zero attached hydrogens (tertiary/aromatic N) is 6. The number of unbranched alkanes of at least 4 members (excludes halogenated alkanes) is 1. The molecule has 1 saturated heterocycles. The van der Waals surface area contributed by atoms with Gasteiger partial charge in [0.15, 0.2) is 8.32 Å². The Balaban J connectivity index is 1.59. The van der Waals surface area contributed by atoms with Crippen molar-refractivity contribution in [1.29, 1.82) is 0 Å². The summed E-state index contributed by atoms with van der Waals surface area (Å²) < 4.78 is 29.1. The number of carbonyl (C=O) groups excluding carboxylic acids is 5. The Hall–Kier alpha value is -4.79. The summed E-state index contributed by atoms with van der Waals surface area (Å²) in [5.74, 6) is -1.26. The van der Waals surface area contributed by atoms with Crippen LogP contribution < -0.4 is 10.1 Å². The maximum atomic E-state index is 15.2. The number of thioether (sulfide) groups is 1. The van der Waals surface area contributed by atoms with E-state index >= 15 is 4.79 Å². The van der Waals surface area contributed by atoms with Crippen molar-refractivity contribution in [1.82, 2.24) is 35.1 Å². The largest absolute Gasteiger partial charge is 0.475 e. The number of likely N-dealkylation sites (tertiary alicyclic amines) is 1. The number of aromatic nitrogens is 4. The maximum Gasteiger partial charge on any atom is 0.409 e. The van der Waals surface area contributed by atoms with Crippen molar-refractivity contribution >= 4 is 61.3 Å². The van der Waals surface area contributed by atoms with Crippen LogP contribution >= 0.6 is 23.1 Å². The van der Waals surface area contributed by atoms with Crippen molar-refractivity contribution in [3.05, 3.63) is 59.9 Å². The lowest BCUT2D eigenvalue weighted by Crippen LogP contribution is -2.52. The van der Waals surface area contributed by atoms with E-state index < -0.39 is 67.1 Å². The molecule has 4 rings (SSSR count). The molecule has 0 saturated carbocycles. The van der Waals surface area contributed by atoms with Gasteiger partial charge < -0.3 is 38.5 Å². The Labute approximate surface area is 398 Å². The number of hydrogen-bond donors (Lipinski definition) is 1. The highest BCUT2D eigenvalue weighted by molar-refractivity contribution is 8.00. The third-order valence-electron chi connectivity index (χ3n) is 11.7. The van der Waals surface area contributed by atoms with Gasteiger partial charge in [0, 0.05) is 45.2 Å². The van der Waals surface area contributed by atoms with Crippen LogP contribution in [0.4, 0.5) is 4.79 Å². The van der Waals surface area contributed by atoms with Gasteiger partial charge >= 0.3 is 18.0 Å². The van der Waals surface area contributed by atoms with E-state index in [1.165, 1.54) is 57.5 Å². The summed E-state index contributed by atoms with van der Waals surface area (Å²) in [5, 5.41) is 11.8. The molecule has 4 atom stereocenters. The Morgan fingerprint density at radius 2 is 1.73 bits per heavy atom. The van der Waals surface area contributed by atoms with E-state index in [0.717, 1.165) is 29.0 Å². The van der Waals surface area contributed by atoms with E-state index in [4.69, 9.17) is 23.4 Å². The molecule has 0 bridgehead atoms. The summed E-state index contributed by atoms with van der Waals surface area (Å²) >= 11 is 3.02. The van der Waals surface area contributed by atoms with Gasteiger partial charge in [-0.25, -0.2) is 14.5 Å². The predicted octanol–water partition coefficient (Wildman–Crippen LogP) is 7.54. The zero-order valence-electron chi connectivity index (χ0n) is 40.4. The first-order valence-electron chi connectivity index (χ1n) is 22.3. The van der Waals surface area contributed by atoms with Crippen LogP contribution in [-0.4, -0.2) is 137 Å². The SMILES string of the molecule is C=CCOC(=O)N(C)CCCSC(C)(C)[C@@H](C(=O)N1C[C@H](OC(C)=O)C[C@H]1C(=O)N[C@@H](COC(C)=O)c1ccc(-c2scnc2C)cc1)n1cc(OCCCCO[Si](C)(C)C(C)(C)C)nn1. The molecular formula is C46H69N7O10S2Si. The predicted molar refractivity (Wildman–Crippen MR) is 258 cm³/mol. The number of esters is 2. The highest BCUT2D eigenvalue weighted by Gasteiger charge is 2.48. The molecule has 2 aromatic heterocycles. The van der Waals surface area contributed by atoms with Crippen molar-refractivity contribution in [3.63, 3.8) is 0 Å². The molecule has 1 aliphatic heterocycles. The van der Waals surface area contributed by atoms with Crippen LogP contribution in [-0.2, 0) is 37.8 Å². The molecule has 0 spiro atoms. The van der Waals surface area contributed by atoms with Crippen molar-refractivity contribution in [2.75, 3.05) is 52.3 Å². The molecule has 1 N–H and O–H groups in total. The van der Waals surface area contributed by atoms with E-state index in [2.05, 4.69) is 61.1 Å². The first-order chi connectivity index (χ1) is 31.0. The Morgan fingerprint density at radius 1 is 1.03 bits per heavy atom. The summed E-state index contributed by atoms with van der Waals surface area (Å²) in [5.41, 5.74) is 4.30. The van der Waals surface area contributed by atoms with Crippen LogP contribution in [0.15, 0.2) is 48.6 Å². The van der Waals surface area contributed by atoms with Crippen LogP contribution in [0.3, 0.4) is 0 Å². The van der Waals surface area contributed by atoms with Gasteiger partial charge in [-0.15, -0.1) is 11.3 Å². The van der Waals surface area contributed by atoms with E-state index in [1.54, 1.807) is 18.8 Å². The maximum absolute atomic E-state index is 15.2. The lowest BCUT2D eigenvalue weighted by Gasteiger charge is -2.36. The average molecular weight is 972 g/mol. The van der Waals surface area contributed by atoms with E-state index in [-0.39, 0.29) is 37.1 Å². The summed E-state index contributed by atoms with van der Waals surface area (Å²) in [6.45, 7) is 24.3. The smallest absolute Gasteiger partial charge is 0.409 e. The van der Waals surface area contributed by atoms with E-state index in [1.807, 2.05) is 45.0 Å². The molecule has 1 fully saturated rings. The lowest BCUT2D eigenvalue weighted by atomic mass is 10.0. The van der Waals surface area contributed by atoms with Gasteiger partial charge in [-0.2, -0.15) is 11.8 Å². The summed E-state index contributed by atoms with van der Waals surface area (Å²) in [4.78, 5) is 74.7. The van der Waals surface area contributed by atoms with Crippen LogP contribution in [0.25, 0.3) is 10.4 Å². The molecule has 1 aromatic carbocycles. The molecule has 0 aliphatic carbocycles. The van der Waals surface area contributed by atoms with Gasteiger partial charge in [0.25, 0.3) is 5.88 Å². The molecule has 3 amide bonds. The van der Waals surface area contributed by atoms with Crippen LogP contribution in [0.5, 0.6) is 5.88 Å². The third kappa shape index (κ3) is 15.4. The number of nitrogens with one attached hydrogen (secondary N) is 1. The number of amides is 3. The minimum atomic E-state index is -1.88. The van der Waals surface area contributed by atoms with Crippen molar-refractivity contribution in [2.45, 2.75) is 128 Å². The molecule has 0 radical (unpaired) electrons. The first kappa shape index (κ1) is 53.8. The van der Waals surface area contributed by atoms with Crippen LogP contribution in [0.2, 0.25) is 18.1 Å². The zero-order chi connectivity index (χ0) is 48.8. The number of benzene rings is 1. The van der Waals surface area contributed by atoms with Crippen molar-refractivity contribution in [3.8, 4) is 16.3 Å². The van der Waals surface area contributed by atoms with Gasteiger partial charge in [0.05, 0.1) is 41.5 Å². The fourth-order valence-electron chi connectivity index (χ4n) is 7.06. The minimum Gasteiger partial charge on any atom is -0.475 e. The highest BCUT2D eigenvalue weighted by Crippen LogP contribution is 2.40. The summed E-state index contributed by atoms with van der Waals surface area (Å²) in [7, 11) is -0.223. The fraction of sp³-hybridized carbons (Fsp3) is 0.609. The quantitative estimate of drug-likeness (QED) is 0.0304. The molecule has 3 heterocycles. The molecule has 364 valence electrons. The van der Waals surface area contributed by atoms with Gasteiger partial charge in [0.1, 0.15) is 31.4 Å². The normalized spacial score (nSPS) is 16.3. The Morgan fingerprint density at radius 3 is 2.35 bits per heavy atom. The lowest BCUT2D eigenvalue weighted by molar-refractivity contribution is -0.147. The molecular weight excluding hydrogens is 903 g/mol. The minimum absolute atomic E-state index is 0.0282. The number of rotatable bonds is 24. The highest BCUT2D eigenvalue weighted by atomic mass is 32.2. The van der Waals surface area contributed by atoms with Gasteiger partial charge in [0.2, 0.25) is 11.8 Å². The van der Waals surface area contributed by atoms with E-state index in [9.17, 15) is 19.2 Å². The van der Waals surface area contributed by atoms with Gasteiger partial charge in [-0.05, 0) is 75.0 Å². The second kappa shape index (κ2) is 24.3. The first-order valence-corrected chi connectivity index (χ1v) is 27.0. The second-order valence-electron chi connectivity index (χ2n) is 18.4. The fourth-order valence-corrected chi connectivity index (χ4v) is 10.1. The number of carbonyl (C=O) groups is 5. The standard InChI is InChI=1S/C46H69N7O10S2Si/c1-13-22-60-44(58)51(10)21-16-25-65-46(8,9)41(53-28-39(49-50-53)59-23-14-15-24-62-66(11,12)45(5,6)7)43(57)52-27-36(63-33(4)55)26-38(52)42(56)48-37(29-61-32(3)54)34-17-19-35(20-18-34)40-31(2)47-30-64-40/h13,17-20,28,30,36-38,41H,1,14-16,21-27,29H2,2-12H3,(H,48,56)/t36-,37+,38+,41-/m1/s1. The molecule has 3 aromatic rings. The number of aryl methyl sites for hydroxylation is 1. The van der Waals surface area contributed by atoms with E-state index in [0.29, 0.717) is 37.5 Å². The second-order valence-corrected chi connectivity index (χ2v) is 25.8. The average Bonchev–Trinajstić information content (AvgIpc) is 4.01. The monoisotopic (exact) mass is 971 g/mol. The zero-order valence-corrected chi connectivity index (χ0v) is 43.1. The van der Waals surface area contributed by atoms with Gasteiger partial charge in [-0.3, -0.25) is 19.2 Å². The summed E-state index contributed by atoms with van der Waals surface area (Å²) in [6.07, 6.45) is 3.97. The van der Waals surface area contributed by atoms with Crippen LogP contribution in [0.1, 0.15) is 97.5 Å². The molecule has 20 heteroatoms. The third-order valence-corrected chi connectivity index (χ3v) is 18.7. The molecule has 1 aliphatic rings. The Bertz CT molecular complexity index is 2110. The topological polar surface area (TPSA) is 194 Å². The van der Waals surface area contributed by atoms with Crippen molar-refractivity contribution in [2.24, 2.45) is 0 Å². The van der Waals surface area contributed by atoms with Crippen LogP contribution in [0, 0.1) is 6.92 Å². The molecule has 66 heavy (non-hydrogen) atoms. The molecule has 0 unspecified atom stereocenters. The Kier molecular flexibility index (Phi) is 19.8. The molecule has 17 nitrogen and oxygen atoms in total. The van der Waals surface area contributed by atoms with Crippen molar-refractivity contribution < 1.29 is 47.3 Å². The van der Waals surface area contributed by atoms with Gasteiger partial charge in [-0.1, -0.05) is 68.0 Å². The number of hydrogen-bond acceptors (Lipinski definition) is 15.